The van der Waals surface area contributed by atoms with Crippen LogP contribution in [0.25, 0.3) is 0 Å². The normalized spacial score (nSPS) is 13.3. The van der Waals surface area contributed by atoms with Crippen LogP contribution in [0.3, 0.4) is 0 Å². The van der Waals surface area contributed by atoms with Gasteiger partial charge in [0.15, 0.2) is 0 Å². The van der Waals surface area contributed by atoms with Crippen LogP contribution in [0.4, 0.5) is 11.4 Å². The smallest absolute Gasteiger partial charge is 0.255 e. The fourth-order valence-electron chi connectivity index (χ4n) is 3.16. The van der Waals surface area contributed by atoms with Crippen molar-refractivity contribution in [3.8, 4) is 0 Å². The van der Waals surface area contributed by atoms with Gasteiger partial charge in [0.25, 0.3) is 11.8 Å². The van der Waals surface area contributed by atoms with Gasteiger partial charge in [-0.2, -0.15) is 0 Å². The zero-order valence-corrected chi connectivity index (χ0v) is 14.5. The Kier molecular flexibility index (Phi) is 5.14. The molecule has 0 saturated heterocycles. The molecule has 0 aromatic heterocycles. The molecule has 0 saturated carbocycles. The number of carbonyl (C=O) groups excluding carboxylic acids is 2. The van der Waals surface area contributed by atoms with Gasteiger partial charge in [0.1, 0.15) is 6.61 Å². The van der Waals surface area contributed by atoms with E-state index in [1.165, 1.54) is 7.11 Å². The number of ether oxygens (including phenoxy) is 1. The second kappa shape index (κ2) is 7.49. The van der Waals surface area contributed by atoms with Crippen molar-refractivity contribution in [3.05, 3.63) is 59.2 Å². The SMILES string of the molecule is COCC(=O)N1CCCc2cc(NC(=O)c3ccccc3C)ccc21. The molecule has 0 unspecified atom stereocenters. The number of fused-ring (bicyclic) bond motifs is 1. The number of rotatable bonds is 4. The van der Waals surface area contributed by atoms with Gasteiger partial charge in [0, 0.05) is 30.6 Å². The van der Waals surface area contributed by atoms with Crippen molar-refractivity contribution in [2.75, 3.05) is 30.5 Å². The summed E-state index contributed by atoms with van der Waals surface area (Å²) in [7, 11) is 1.52. The van der Waals surface area contributed by atoms with Crippen LogP contribution in [0, 0.1) is 6.92 Å². The molecule has 0 bridgehead atoms. The first-order chi connectivity index (χ1) is 12.1. The molecule has 1 aliphatic heterocycles. The maximum Gasteiger partial charge on any atom is 0.255 e. The van der Waals surface area contributed by atoms with Crippen molar-refractivity contribution in [1.82, 2.24) is 0 Å². The maximum atomic E-state index is 12.5. The largest absolute Gasteiger partial charge is 0.375 e. The van der Waals surface area contributed by atoms with E-state index in [-0.39, 0.29) is 18.4 Å². The quantitative estimate of drug-likeness (QED) is 0.931. The van der Waals surface area contributed by atoms with Crippen LogP contribution in [0.15, 0.2) is 42.5 Å². The highest BCUT2D eigenvalue weighted by molar-refractivity contribution is 6.05. The molecule has 2 aromatic rings. The van der Waals surface area contributed by atoms with E-state index in [1.807, 2.05) is 49.4 Å². The molecule has 0 fully saturated rings. The summed E-state index contributed by atoms with van der Waals surface area (Å²) >= 11 is 0. The van der Waals surface area contributed by atoms with Crippen LogP contribution in [-0.4, -0.2) is 32.1 Å². The van der Waals surface area contributed by atoms with Crippen molar-refractivity contribution in [2.24, 2.45) is 0 Å². The van der Waals surface area contributed by atoms with E-state index in [2.05, 4.69) is 5.32 Å². The van der Waals surface area contributed by atoms with Gasteiger partial charge in [0.05, 0.1) is 0 Å². The highest BCUT2D eigenvalue weighted by Gasteiger charge is 2.22. The zero-order chi connectivity index (χ0) is 17.8. The van der Waals surface area contributed by atoms with Crippen LogP contribution in [-0.2, 0) is 16.0 Å². The van der Waals surface area contributed by atoms with E-state index in [0.29, 0.717) is 12.1 Å². The third-order valence-corrected chi connectivity index (χ3v) is 4.41. The number of aryl methyl sites for hydroxylation is 2. The van der Waals surface area contributed by atoms with Crippen molar-refractivity contribution >= 4 is 23.2 Å². The summed E-state index contributed by atoms with van der Waals surface area (Å²) in [5.41, 5.74) is 4.32. The molecule has 0 aliphatic carbocycles. The molecular formula is C20H22N2O3. The summed E-state index contributed by atoms with van der Waals surface area (Å²) in [6.45, 7) is 2.69. The Bertz CT molecular complexity index is 801. The number of amides is 2. The number of nitrogens with zero attached hydrogens (tertiary/aromatic N) is 1. The van der Waals surface area contributed by atoms with Gasteiger partial charge in [-0.15, -0.1) is 0 Å². The number of anilines is 2. The third kappa shape index (κ3) is 3.72. The second-order valence-corrected chi connectivity index (χ2v) is 6.19. The van der Waals surface area contributed by atoms with E-state index in [1.54, 1.807) is 4.90 Å². The van der Waals surface area contributed by atoms with E-state index >= 15 is 0 Å². The average Bonchev–Trinajstić information content (AvgIpc) is 2.61. The van der Waals surface area contributed by atoms with E-state index in [0.717, 1.165) is 35.3 Å². The molecule has 130 valence electrons. The molecule has 2 aromatic carbocycles. The van der Waals surface area contributed by atoms with Crippen LogP contribution in [0.1, 0.15) is 27.9 Å². The molecule has 2 amide bonds. The Balaban J connectivity index is 1.80. The molecule has 3 rings (SSSR count). The zero-order valence-electron chi connectivity index (χ0n) is 14.5. The molecule has 5 heteroatoms. The van der Waals surface area contributed by atoms with Crippen LogP contribution >= 0.6 is 0 Å². The fourth-order valence-corrected chi connectivity index (χ4v) is 3.16. The molecule has 0 atom stereocenters. The van der Waals surface area contributed by atoms with Crippen molar-refractivity contribution < 1.29 is 14.3 Å². The van der Waals surface area contributed by atoms with Crippen LogP contribution in [0.5, 0.6) is 0 Å². The minimum Gasteiger partial charge on any atom is -0.375 e. The lowest BCUT2D eigenvalue weighted by Crippen LogP contribution is -2.37. The summed E-state index contributed by atoms with van der Waals surface area (Å²) in [5.74, 6) is -0.165. The molecule has 1 heterocycles. The van der Waals surface area contributed by atoms with Gasteiger partial charge in [0.2, 0.25) is 0 Å². The predicted octanol–water partition coefficient (Wildman–Crippen LogP) is 3.17. The van der Waals surface area contributed by atoms with Gasteiger partial charge in [-0.1, -0.05) is 18.2 Å². The molecule has 25 heavy (non-hydrogen) atoms. The number of hydrogen-bond acceptors (Lipinski definition) is 3. The first-order valence-electron chi connectivity index (χ1n) is 8.39. The molecule has 0 spiro atoms. The first-order valence-corrected chi connectivity index (χ1v) is 8.39. The Morgan fingerprint density at radius 1 is 1.20 bits per heavy atom. The Morgan fingerprint density at radius 2 is 2.00 bits per heavy atom. The number of hydrogen-bond donors (Lipinski definition) is 1. The lowest BCUT2D eigenvalue weighted by atomic mass is 10.0. The summed E-state index contributed by atoms with van der Waals surface area (Å²) in [6.07, 6.45) is 1.79. The minimum atomic E-state index is -0.124. The van der Waals surface area contributed by atoms with Gasteiger partial charge < -0.3 is 15.0 Å². The lowest BCUT2D eigenvalue weighted by molar-refractivity contribution is -0.122. The highest BCUT2D eigenvalue weighted by atomic mass is 16.5. The molecule has 1 aliphatic rings. The summed E-state index contributed by atoms with van der Waals surface area (Å²) in [6, 6.07) is 13.2. The minimum absolute atomic E-state index is 0.0415. The summed E-state index contributed by atoms with van der Waals surface area (Å²) in [4.78, 5) is 26.4. The molecule has 5 nitrogen and oxygen atoms in total. The fraction of sp³-hybridized carbons (Fsp3) is 0.300. The number of carbonyl (C=O) groups is 2. The maximum absolute atomic E-state index is 12.5. The Labute approximate surface area is 147 Å². The van der Waals surface area contributed by atoms with Gasteiger partial charge in [-0.3, -0.25) is 9.59 Å². The summed E-state index contributed by atoms with van der Waals surface area (Å²) in [5, 5.41) is 2.95. The van der Waals surface area contributed by atoms with E-state index < -0.39 is 0 Å². The average molecular weight is 338 g/mol. The highest BCUT2D eigenvalue weighted by Crippen LogP contribution is 2.30. The van der Waals surface area contributed by atoms with Crippen molar-refractivity contribution in [1.29, 1.82) is 0 Å². The van der Waals surface area contributed by atoms with Gasteiger partial charge in [-0.05, 0) is 55.2 Å². The monoisotopic (exact) mass is 338 g/mol. The molecule has 1 N–H and O–H groups in total. The van der Waals surface area contributed by atoms with Gasteiger partial charge in [-0.25, -0.2) is 0 Å². The number of methoxy groups -OCH3 is 1. The number of benzene rings is 2. The molecular weight excluding hydrogens is 316 g/mol. The second-order valence-electron chi connectivity index (χ2n) is 6.19. The van der Waals surface area contributed by atoms with Crippen LogP contribution in [0.2, 0.25) is 0 Å². The van der Waals surface area contributed by atoms with Crippen molar-refractivity contribution in [3.63, 3.8) is 0 Å². The standard InChI is InChI=1S/C20H22N2O3/c1-14-6-3-4-8-17(14)20(24)21-16-9-10-18-15(12-16)7-5-11-22(18)19(23)13-25-2/h3-4,6,8-10,12H,5,7,11,13H2,1-2H3,(H,21,24). The number of nitrogens with one attached hydrogen (secondary N) is 1. The Morgan fingerprint density at radius 3 is 2.76 bits per heavy atom. The molecule has 0 radical (unpaired) electrons. The first kappa shape index (κ1) is 17.2. The van der Waals surface area contributed by atoms with Gasteiger partial charge >= 0.3 is 0 Å². The Hall–Kier alpha value is -2.66. The third-order valence-electron chi connectivity index (χ3n) is 4.41. The van der Waals surface area contributed by atoms with E-state index in [9.17, 15) is 9.59 Å². The topological polar surface area (TPSA) is 58.6 Å². The lowest BCUT2D eigenvalue weighted by Gasteiger charge is -2.29. The van der Waals surface area contributed by atoms with Crippen LogP contribution < -0.4 is 10.2 Å². The summed E-state index contributed by atoms with van der Waals surface area (Å²) < 4.78 is 4.96. The predicted molar refractivity (Wildman–Crippen MR) is 98.1 cm³/mol. The van der Waals surface area contributed by atoms with Crippen molar-refractivity contribution in [2.45, 2.75) is 19.8 Å². The van der Waals surface area contributed by atoms with E-state index in [4.69, 9.17) is 4.74 Å².